The van der Waals surface area contributed by atoms with E-state index >= 15 is 0 Å². The molecule has 0 fully saturated rings. The summed E-state index contributed by atoms with van der Waals surface area (Å²) in [6.07, 6.45) is 4.25. The SMILES string of the molecule is C=CC(=O)OCCCC[SiH](CC)COC. The van der Waals surface area contributed by atoms with Crippen LogP contribution in [0.4, 0.5) is 0 Å². The van der Waals surface area contributed by atoms with Gasteiger partial charge in [0.1, 0.15) is 0 Å². The highest BCUT2D eigenvalue weighted by Crippen LogP contribution is 2.06. The number of rotatable bonds is 9. The second-order valence-corrected chi connectivity index (χ2v) is 7.06. The lowest BCUT2D eigenvalue weighted by atomic mass is 10.4. The third-order valence-corrected chi connectivity index (χ3v) is 5.58. The van der Waals surface area contributed by atoms with E-state index in [0.717, 1.165) is 19.1 Å². The summed E-state index contributed by atoms with van der Waals surface area (Å²) in [5.41, 5.74) is 0. The van der Waals surface area contributed by atoms with Gasteiger partial charge < -0.3 is 9.47 Å². The van der Waals surface area contributed by atoms with Crippen molar-refractivity contribution in [2.45, 2.75) is 31.9 Å². The summed E-state index contributed by atoms with van der Waals surface area (Å²) in [6.45, 7) is 6.09. The fraction of sp³-hybridized carbons (Fsp3) is 0.727. The first-order valence-corrected chi connectivity index (χ1v) is 7.97. The van der Waals surface area contributed by atoms with Crippen LogP contribution in [0.5, 0.6) is 0 Å². The normalized spacial score (nSPS) is 12.1. The third-order valence-electron chi connectivity index (χ3n) is 2.40. The molecule has 1 atom stereocenters. The molecule has 0 aliphatic heterocycles. The van der Waals surface area contributed by atoms with E-state index in [2.05, 4.69) is 13.5 Å². The topological polar surface area (TPSA) is 35.5 Å². The van der Waals surface area contributed by atoms with Crippen molar-refractivity contribution in [1.82, 2.24) is 0 Å². The maximum absolute atomic E-state index is 10.7. The minimum absolute atomic E-state index is 0.323. The van der Waals surface area contributed by atoms with Gasteiger partial charge in [0.2, 0.25) is 0 Å². The number of unbranched alkanes of at least 4 members (excludes halogenated alkanes) is 1. The fourth-order valence-electron chi connectivity index (χ4n) is 1.41. The zero-order valence-corrected chi connectivity index (χ0v) is 11.0. The van der Waals surface area contributed by atoms with Gasteiger partial charge in [-0.3, -0.25) is 0 Å². The molecule has 88 valence electrons. The van der Waals surface area contributed by atoms with Crippen molar-refractivity contribution in [3.05, 3.63) is 12.7 Å². The van der Waals surface area contributed by atoms with Gasteiger partial charge >= 0.3 is 5.97 Å². The van der Waals surface area contributed by atoms with E-state index in [1.54, 1.807) is 7.11 Å². The zero-order chi connectivity index (χ0) is 11.5. The van der Waals surface area contributed by atoms with Gasteiger partial charge in [0.05, 0.1) is 15.4 Å². The van der Waals surface area contributed by atoms with Crippen LogP contribution in [-0.2, 0) is 14.3 Å². The summed E-state index contributed by atoms with van der Waals surface area (Å²) in [5.74, 6) is -0.323. The largest absolute Gasteiger partial charge is 0.463 e. The highest BCUT2D eigenvalue weighted by molar-refractivity contribution is 6.58. The minimum atomic E-state index is -0.670. The smallest absolute Gasteiger partial charge is 0.330 e. The Balaban J connectivity index is 3.35. The number of esters is 1. The molecule has 0 N–H and O–H groups in total. The van der Waals surface area contributed by atoms with Crippen LogP contribution in [0.3, 0.4) is 0 Å². The second-order valence-electron chi connectivity index (χ2n) is 3.60. The van der Waals surface area contributed by atoms with Gasteiger partial charge in [-0.15, -0.1) is 0 Å². The summed E-state index contributed by atoms with van der Waals surface area (Å²) in [6, 6.07) is 2.55. The molecule has 0 saturated heterocycles. The van der Waals surface area contributed by atoms with E-state index in [-0.39, 0.29) is 5.97 Å². The van der Waals surface area contributed by atoms with E-state index in [1.807, 2.05) is 0 Å². The Hall–Kier alpha value is -0.613. The Bertz CT molecular complexity index is 183. The number of methoxy groups -OCH3 is 1. The van der Waals surface area contributed by atoms with Crippen LogP contribution in [-0.4, -0.2) is 34.7 Å². The van der Waals surface area contributed by atoms with Crippen molar-refractivity contribution in [3.63, 3.8) is 0 Å². The van der Waals surface area contributed by atoms with Gasteiger partial charge in [-0.25, -0.2) is 4.79 Å². The van der Waals surface area contributed by atoms with Crippen LogP contribution in [0.1, 0.15) is 19.8 Å². The van der Waals surface area contributed by atoms with Gasteiger partial charge in [-0.1, -0.05) is 32.0 Å². The molecule has 1 unspecified atom stereocenters. The van der Waals surface area contributed by atoms with E-state index in [0.29, 0.717) is 6.61 Å². The molecule has 3 nitrogen and oxygen atoms in total. The van der Waals surface area contributed by atoms with Gasteiger partial charge in [0, 0.05) is 19.4 Å². The molecule has 4 heteroatoms. The van der Waals surface area contributed by atoms with Crippen molar-refractivity contribution in [3.8, 4) is 0 Å². The lowest BCUT2D eigenvalue weighted by molar-refractivity contribution is -0.137. The molecule has 0 aliphatic carbocycles. The number of hydrogen-bond acceptors (Lipinski definition) is 3. The molecule has 0 aromatic rings. The van der Waals surface area contributed by atoms with Crippen molar-refractivity contribution in [1.29, 1.82) is 0 Å². The van der Waals surface area contributed by atoms with E-state index in [1.165, 1.54) is 18.2 Å². The second kappa shape index (κ2) is 9.92. The van der Waals surface area contributed by atoms with Crippen LogP contribution in [0, 0.1) is 0 Å². The number of carbonyl (C=O) groups excluding carboxylic acids is 1. The lowest BCUT2D eigenvalue weighted by Gasteiger charge is -2.11. The maximum Gasteiger partial charge on any atom is 0.330 e. The Morgan fingerprint density at radius 1 is 1.47 bits per heavy atom. The van der Waals surface area contributed by atoms with Gasteiger partial charge in [-0.2, -0.15) is 0 Å². The molecule has 0 aromatic heterocycles. The van der Waals surface area contributed by atoms with Gasteiger partial charge in [0.25, 0.3) is 0 Å². The summed E-state index contributed by atoms with van der Waals surface area (Å²) >= 11 is 0. The predicted molar refractivity (Wildman–Crippen MR) is 64.7 cm³/mol. The maximum atomic E-state index is 10.7. The lowest BCUT2D eigenvalue weighted by Crippen LogP contribution is -2.18. The monoisotopic (exact) mass is 230 g/mol. The van der Waals surface area contributed by atoms with Crippen molar-refractivity contribution >= 4 is 14.8 Å². The Morgan fingerprint density at radius 3 is 2.73 bits per heavy atom. The molecule has 0 saturated carbocycles. The Morgan fingerprint density at radius 2 is 2.20 bits per heavy atom. The number of hydrogen-bond donors (Lipinski definition) is 0. The van der Waals surface area contributed by atoms with Crippen LogP contribution in [0.25, 0.3) is 0 Å². The van der Waals surface area contributed by atoms with Crippen molar-refractivity contribution in [2.75, 3.05) is 19.9 Å². The molecular formula is C11H22O3Si. The van der Waals surface area contributed by atoms with E-state index < -0.39 is 8.80 Å². The molecule has 0 amide bonds. The van der Waals surface area contributed by atoms with Gasteiger partial charge in [0.15, 0.2) is 0 Å². The van der Waals surface area contributed by atoms with E-state index in [4.69, 9.17) is 9.47 Å². The van der Waals surface area contributed by atoms with Crippen LogP contribution >= 0.6 is 0 Å². The standard InChI is InChI=1S/C11H22O3Si/c1-4-11(12)14-8-6-7-9-15(5-2)10-13-3/h4,15H,1,5-10H2,2-3H3. The number of carbonyl (C=O) groups is 1. The van der Waals surface area contributed by atoms with Crippen molar-refractivity contribution in [2.24, 2.45) is 0 Å². The number of ether oxygens (including phenoxy) is 2. The average Bonchev–Trinajstić information content (AvgIpc) is 2.26. The molecule has 0 aliphatic rings. The third kappa shape index (κ3) is 8.39. The van der Waals surface area contributed by atoms with Crippen LogP contribution < -0.4 is 0 Å². The quantitative estimate of drug-likeness (QED) is 0.263. The molecule has 0 heterocycles. The highest BCUT2D eigenvalue weighted by atomic mass is 28.3. The fourth-order valence-corrected chi connectivity index (χ4v) is 3.56. The van der Waals surface area contributed by atoms with Crippen LogP contribution in [0.2, 0.25) is 12.1 Å². The summed E-state index contributed by atoms with van der Waals surface area (Å²) in [5, 5.41) is 0. The molecule has 0 bridgehead atoms. The highest BCUT2D eigenvalue weighted by Gasteiger charge is 2.07. The Labute approximate surface area is 94.1 Å². The summed E-state index contributed by atoms with van der Waals surface area (Å²) < 4.78 is 10.1. The molecule has 0 spiro atoms. The Kier molecular flexibility index (Phi) is 9.52. The van der Waals surface area contributed by atoms with Crippen molar-refractivity contribution < 1.29 is 14.3 Å². The molecule has 0 rings (SSSR count). The molecule has 0 radical (unpaired) electrons. The molecular weight excluding hydrogens is 208 g/mol. The minimum Gasteiger partial charge on any atom is -0.463 e. The summed E-state index contributed by atoms with van der Waals surface area (Å²) in [4.78, 5) is 10.7. The van der Waals surface area contributed by atoms with Crippen LogP contribution in [0.15, 0.2) is 12.7 Å². The van der Waals surface area contributed by atoms with Gasteiger partial charge in [-0.05, 0) is 6.42 Å². The zero-order valence-electron chi connectivity index (χ0n) is 9.83. The molecule has 0 aromatic carbocycles. The first kappa shape index (κ1) is 14.4. The van der Waals surface area contributed by atoms with E-state index in [9.17, 15) is 4.79 Å². The first-order chi connectivity index (χ1) is 7.24. The predicted octanol–water partition coefficient (Wildman–Crippen LogP) is 1.93. The average molecular weight is 230 g/mol. The molecule has 15 heavy (non-hydrogen) atoms. The summed E-state index contributed by atoms with van der Waals surface area (Å²) in [7, 11) is 1.10. The first-order valence-electron chi connectivity index (χ1n) is 5.52.